The van der Waals surface area contributed by atoms with E-state index in [0.717, 1.165) is 28.1 Å². The van der Waals surface area contributed by atoms with Crippen LogP contribution in [0.2, 0.25) is 0 Å². The van der Waals surface area contributed by atoms with Gasteiger partial charge in [0.1, 0.15) is 17.8 Å². The Morgan fingerprint density at radius 3 is 2.32 bits per heavy atom. The molecule has 0 radical (unpaired) electrons. The van der Waals surface area contributed by atoms with E-state index < -0.39 is 15.3 Å². The van der Waals surface area contributed by atoms with Crippen molar-refractivity contribution in [3.63, 3.8) is 0 Å². The van der Waals surface area contributed by atoms with Crippen LogP contribution in [0.5, 0.6) is 0 Å². The second kappa shape index (κ2) is 8.39. The van der Waals surface area contributed by atoms with E-state index in [9.17, 15) is 8.42 Å². The highest BCUT2D eigenvalue weighted by Crippen LogP contribution is 2.29. The quantitative estimate of drug-likeness (QED) is 0.381. The average molecular weight is 436 g/mol. The summed E-state index contributed by atoms with van der Waals surface area (Å²) in [5.74, 6) is 0.755. The minimum absolute atomic E-state index is 0.0888. The van der Waals surface area contributed by atoms with Crippen molar-refractivity contribution in [2.45, 2.75) is 32.1 Å². The lowest BCUT2D eigenvalue weighted by atomic mass is 10.1. The molecule has 0 fully saturated rings. The van der Waals surface area contributed by atoms with Gasteiger partial charge in [0.2, 0.25) is 10.0 Å². The number of anilines is 2. The lowest BCUT2D eigenvalue weighted by molar-refractivity contribution is 0.593. The second-order valence-electron chi connectivity index (χ2n) is 7.72. The van der Waals surface area contributed by atoms with Crippen LogP contribution in [0.1, 0.15) is 32.4 Å². The number of sulfonamides is 1. The van der Waals surface area contributed by atoms with Crippen LogP contribution in [-0.4, -0.2) is 28.6 Å². The first kappa shape index (κ1) is 20.9. The fourth-order valence-electron chi connectivity index (χ4n) is 3.24. The summed E-state index contributed by atoms with van der Waals surface area (Å²) in [6, 6.07) is 19.5. The van der Waals surface area contributed by atoms with Crippen LogP contribution in [0.15, 0.2) is 67.0 Å². The standard InChI is InChI=1S/C23H25N5O2S/c1-15(2)31(29,30)28-19-11-9-18(10-12-19)21-13-20-22(24-14-25-23(20)27-21)26-16(3)17-7-5-4-6-8-17/h4-16,28H,1-3H3,(H2,24,25,26,27)/t16-/m1/s1. The maximum absolute atomic E-state index is 12.1. The van der Waals surface area contributed by atoms with E-state index in [1.165, 1.54) is 11.9 Å². The molecule has 3 N–H and O–H groups in total. The summed E-state index contributed by atoms with van der Waals surface area (Å²) in [7, 11) is -3.37. The van der Waals surface area contributed by atoms with E-state index in [1.54, 1.807) is 26.0 Å². The molecule has 0 aliphatic rings. The maximum atomic E-state index is 12.1. The number of aromatic nitrogens is 3. The highest BCUT2D eigenvalue weighted by molar-refractivity contribution is 7.93. The topological polar surface area (TPSA) is 99.8 Å². The molecule has 2 heterocycles. The van der Waals surface area contributed by atoms with Crippen molar-refractivity contribution >= 4 is 32.6 Å². The number of benzene rings is 2. The Morgan fingerprint density at radius 1 is 0.935 bits per heavy atom. The zero-order chi connectivity index (χ0) is 22.0. The van der Waals surface area contributed by atoms with E-state index >= 15 is 0 Å². The summed E-state index contributed by atoms with van der Waals surface area (Å²) in [6.07, 6.45) is 1.53. The van der Waals surface area contributed by atoms with Gasteiger partial charge < -0.3 is 10.3 Å². The summed E-state index contributed by atoms with van der Waals surface area (Å²) in [5.41, 5.74) is 4.24. The second-order valence-corrected chi connectivity index (χ2v) is 9.95. The third-order valence-corrected chi connectivity index (χ3v) is 6.92. The van der Waals surface area contributed by atoms with Gasteiger partial charge >= 0.3 is 0 Å². The van der Waals surface area contributed by atoms with Crippen LogP contribution >= 0.6 is 0 Å². The number of H-pyrrole nitrogens is 1. The molecule has 0 saturated carbocycles. The molecule has 1 atom stereocenters. The third-order valence-electron chi connectivity index (χ3n) is 5.16. The number of hydrogen-bond acceptors (Lipinski definition) is 5. The van der Waals surface area contributed by atoms with E-state index in [-0.39, 0.29) is 6.04 Å². The maximum Gasteiger partial charge on any atom is 0.235 e. The van der Waals surface area contributed by atoms with Crippen LogP contribution in [0, 0.1) is 0 Å². The van der Waals surface area contributed by atoms with Crippen molar-refractivity contribution in [2.24, 2.45) is 0 Å². The number of hydrogen-bond donors (Lipinski definition) is 3. The fourth-order valence-corrected chi connectivity index (χ4v) is 3.94. The Morgan fingerprint density at radius 2 is 1.65 bits per heavy atom. The van der Waals surface area contributed by atoms with Gasteiger partial charge in [0, 0.05) is 17.4 Å². The Hall–Kier alpha value is -3.39. The number of fused-ring (bicyclic) bond motifs is 1. The van der Waals surface area contributed by atoms with Gasteiger partial charge in [-0.2, -0.15) is 0 Å². The predicted octanol–water partition coefficient (Wildman–Crippen LogP) is 4.95. The van der Waals surface area contributed by atoms with Crippen LogP contribution in [0.25, 0.3) is 22.3 Å². The van der Waals surface area contributed by atoms with Gasteiger partial charge in [-0.1, -0.05) is 42.5 Å². The molecule has 2 aromatic carbocycles. The molecular weight excluding hydrogens is 410 g/mol. The summed E-state index contributed by atoms with van der Waals surface area (Å²) < 4.78 is 26.7. The molecule has 4 aromatic rings. The van der Waals surface area contributed by atoms with Crippen molar-refractivity contribution in [1.29, 1.82) is 0 Å². The monoisotopic (exact) mass is 435 g/mol. The SMILES string of the molecule is CC(C)S(=O)(=O)Nc1ccc(-c2cc3c(N[C@H](C)c4ccccc4)ncnc3[nH]2)cc1. The molecule has 7 nitrogen and oxygen atoms in total. The Labute approximate surface area is 182 Å². The van der Waals surface area contributed by atoms with Gasteiger partial charge in [-0.3, -0.25) is 4.72 Å². The molecular formula is C23H25N5O2S. The molecule has 0 aliphatic carbocycles. The molecule has 0 spiro atoms. The van der Waals surface area contributed by atoms with Crippen molar-refractivity contribution < 1.29 is 8.42 Å². The average Bonchev–Trinajstić information content (AvgIpc) is 3.20. The summed E-state index contributed by atoms with van der Waals surface area (Å²) in [4.78, 5) is 12.1. The summed E-state index contributed by atoms with van der Waals surface area (Å²) in [6.45, 7) is 5.38. The Balaban J connectivity index is 1.59. The first-order chi connectivity index (χ1) is 14.8. The summed E-state index contributed by atoms with van der Waals surface area (Å²) in [5, 5.41) is 3.86. The largest absolute Gasteiger partial charge is 0.363 e. The van der Waals surface area contributed by atoms with Crippen molar-refractivity contribution in [3.8, 4) is 11.3 Å². The number of rotatable bonds is 7. The predicted molar refractivity (Wildman–Crippen MR) is 125 cm³/mol. The zero-order valence-corrected chi connectivity index (χ0v) is 18.4. The van der Waals surface area contributed by atoms with Crippen molar-refractivity contribution in [2.75, 3.05) is 10.0 Å². The Bertz CT molecular complexity index is 1280. The Kier molecular flexibility index (Phi) is 5.65. The van der Waals surface area contributed by atoms with E-state index in [4.69, 9.17) is 0 Å². The molecule has 0 unspecified atom stereocenters. The summed E-state index contributed by atoms with van der Waals surface area (Å²) >= 11 is 0. The van der Waals surface area contributed by atoms with Crippen LogP contribution in [0.3, 0.4) is 0 Å². The lowest BCUT2D eigenvalue weighted by Crippen LogP contribution is -2.22. The van der Waals surface area contributed by atoms with E-state index in [2.05, 4.69) is 44.0 Å². The first-order valence-corrected chi connectivity index (χ1v) is 11.7. The normalized spacial score (nSPS) is 12.8. The van der Waals surface area contributed by atoms with E-state index in [1.807, 2.05) is 36.4 Å². The van der Waals surface area contributed by atoms with Crippen LogP contribution in [-0.2, 0) is 10.0 Å². The molecule has 0 saturated heterocycles. The van der Waals surface area contributed by atoms with Crippen molar-refractivity contribution in [3.05, 3.63) is 72.6 Å². The highest BCUT2D eigenvalue weighted by Gasteiger charge is 2.16. The van der Waals surface area contributed by atoms with Crippen LogP contribution in [0.4, 0.5) is 11.5 Å². The van der Waals surface area contributed by atoms with Gasteiger partial charge in [0.05, 0.1) is 10.6 Å². The van der Waals surface area contributed by atoms with Gasteiger partial charge in [0.15, 0.2) is 0 Å². The number of aromatic amines is 1. The highest BCUT2D eigenvalue weighted by atomic mass is 32.2. The zero-order valence-electron chi connectivity index (χ0n) is 17.6. The lowest BCUT2D eigenvalue weighted by Gasteiger charge is -2.15. The minimum Gasteiger partial charge on any atom is -0.363 e. The van der Waals surface area contributed by atoms with E-state index in [0.29, 0.717) is 5.69 Å². The van der Waals surface area contributed by atoms with Crippen molar-refractivity contribution in [1.82, 2.24) is 15.0 Å². The number of nitrogens with zero attached hydrogens (tertiary/aromatic N) is 2. The molecule has 8 heteroatoms. The third kappa shape index (κ3) is 4.54. The molecule has 0 amide bonds. The molecule has 2 aromatic heterocycles. The smallest absolute Gasteiger partial charge is 0.235 e. The van der Waals surface area contributed by atoms with Gasteiger partial charge in [-0.15, -0.1) is 0 Å². The molecule has 0 bridgehead atoms. The molecule has 160 valence electrons. The van der Waals surface area contributed by atoms with Gasteiger partial charge in [0.25, 0.3) is 0 Å². The minimum atomic E-state index is -3.37. The number of nitrogens with one attached hydrogen (secondary N) is 3. The first-order valence-electron chi connectivity index (χ1n) is 10.1. The fraction of sp³-hybridized carbons (Fsp3) is 0.217. The van der Waals surface area contributed by atoms with Crippen LogP contribution < -0.4 is 10.0 Å². The molecule has 31 heavy (non-hydrogen) atoms. The molecule has 4 rings (SSSR count). The molecule has 0 aliphatic heterocycles. The van der Waals surface area contributed by atoms with Gasteiger partial charge in [-0.05, 0) is 50.1 Å². The van der Waals surface area contributed by atoms with Gasteiger partial charge in [-0.25, -0.2) is 18.4 Å².